The molecule has 0 radical (unpaired) electrons. The zero-order valence-corrected chi connectivity index (χ0v) is 18.8. The summed E-state index contributed by atoms with van der Waals surface area (Å²) < 4.78 is 5.26. The summed E-state index contributed by atoms with van der Waals surface area (Å²) in [5.74, 6) is -0.204. The molecule has 2 amide bonds. The second-order valence-corrected chi connectivity index (χ2v) is 8.57. The number of hydrogen-bond donors (Lipinski definition) is 2. The van der Waals surface area contributed by atoms with Crippen LogP contribution in [0.3, 0.4) is 0 Å². The third kappa shape index (κ3) is 5.77. The number of halogens is 2. The fourth-order valence-electron chi connectivity index (χ4n) is 3.20. The predicted molar refractivity (Wildman–Crippen MR) is 117 cm³/mol. The van der Waals surface area contributed by atoms with Crippen molar-refractivity contribution in [2.75, 3.05) is 19.6 Å². The van der Waals surface area contributed by atoms with E-state index in [4.69, 9.17) is 27.7 Å². The number of amides is 2. The van der Waals surface area contributed by atoms with E-state index in [2.05, 4.69) is 15.5 Å². The molecule has 0 saturated carbocycles. The van der Waals surface area contributed by atoms with Crippen molar-refractivity contribution in [2.45, 2.75) is 33.1 Å². The minimum atomic E-state index is -0.493. The van der Waals surface area contributed by atoms with E-state index in [1.807, 2.05) is 13.8 Å². The van der Waals surface area contributed by atoms with Gasteiger partial charge in [-0.2, -0.15) is 4.98 Å². The van der Waals surface area contributed by atoms with Gasteiger partial charge in [0, 0.05) is 25.1 Å². The molecule has 2 heterocycles. The van der Waals surface area contributed by atoms with Gasteiger partial charge in [-0.25, -0.2) is 0 Å². The van der Waals surface area contributed by atoms with E-state index < -0.39 is 17.6 Å². The number of unbranched alkanes of at least 4 members (excludes halogenated alkanes) is 1. The van der Waals surface area contributed by atoms with Gasteiger partial charge < -0.3 is 19.8 Å². The van der Waals surface area contributed by atoms with E-state index in [0.29, 0.717) is 59.7 Å². The van der Waals surface area contributed by atoms with Gasteiger partial charge in [0.25, 0.3) is 11.8 Å². The number of nitrogens with zero attached hydrogens (tertiary/aromatic N) is 3. The SMILES string of the molecule is CC(C)CN1CC(C(=O)NCCCCc2nc(-c3ccc(Cl)c(Cl)c3)no2)=C(O)C1=O. The summed E-state index contributed by atoms with van der Waals surface area (Å²) in [5, 5.41) is 17.5. The molecule has 166 valence electrons. The highest BCUT2D eigenvalue weighted by Crippen LogP contribution is 2.27. The maximum Gasteiger partial charge on any atom is 0.289 e. The minimum absolute atomic E-state index is 0.119. The Hall–Kier alpha value is -2.58. The van der Waals surface area contributed by atoms with Crippen molar-refractivity contribution in [3.8, 4) is 11.4 Å². The second kappa shape index (κ2) is 10.2. The molecule has 0 atom stereocenters. The zero-order valence-electron chi connectivity index (χ0n) is 17.3. The second-order valence-electron chi connectivity index (χ2n) is 7.76. The Labute approximate surface area is 190 Å². The molecule has 0 unspecified atom stereocenters. The first kappa shape index (κ1) is 23.1. The number of aromatic nitrogens is 2. The van der Waals surface area contributed by atoms with E-state index in [1.165, 1.54) is 4.90 Å². The van der Waals surface area contributed by atoms with Crippen LogP contribution in [-0.4, -0.2) is 51.6 Å². The third-order valence-corrected chi connectivity index (χ3v) is 5.47. The Kier molecular flexibility index (Phi) is 7.56. The van der Waals surface area contributed by atoms with Crippen molar-refractivity contribution in [2.24, 2.45) is 5.92 Å². The molecule has 8 nitrogen and oxygen atoms in total. The molecular weight excluding hydrogens is 443 g/mol. The highest BCUT2D eigenvalue weighted by molar-refractivity contribution is 6.42. The lowest BCUT2D eigenvalue weighted by Gasteiger charge is -2.18. The summed E-state index contributed by atoms with van der Waals surface area (Å²) in [6.45, 7) is 4.97. The molecule has 2 N–H and O–H groups in total. The minimum Gasteiger partial charge on any atom is -0.503 e. The first-order valence-corrected chi connectivity index (χ1v) is 10.8. The van der Waals surface area contributed by atoms with Crippen molar-refractivity contribution in [3.63, 3.8) is 0 Å². The lowest BCUT2D eigenvalue weighted by atomic mass is 10.2. The molecule has 1 aromatic heterocycles. The van der Waals surface area contributed by atoms with Crippen LogP contribution in [0.25, 0.3) is 11.4 Å². The predicted octanol–water partition coefficient (Wildman–Crippen LogP) is 3.79. The molecule has 3 rings (SSSR count). The number of hydrogen-bond acceptors (Lipinski definition) is 6. The van der Waals surface area contributed by atoms with Crippen LogP contribution in [0.1, 0.15) is 32.6 Å². The summed E-state index contributed by atoms with van der Waals surface area (Å²) in [6, 6.07) is 5.11. The number of aryl methyl sites for hydroxylation is 1. The van der Waals surface area contributed by atoms with Gasteiger partial charge >= 0.3 is 0 Å². The smallest absolute Gasteiger partial charge is 0.289 e. The monoisotopic (exact) mass is 466 g/mol. The topological polar surface area (TPSA) is 109 Å². The number of aliphatic hydroxyl groups excluding tert-OH is 1. The number of carbonyl (C=O) groups is 2. The van der Waals surface area contributed by atoms with Gasteiger partial charge in [0.2, 0.25) is 11.7 Å². The molecule has 0 aliphatic carbocycles. The van der Waals surface area contributed by atoms with Crippen molar-refractivity contribution < 1.29 is 19.2 Å². The number of aliphatic hydroxyl groups is 1. The summed E-state index contributed by atoms with van der Waals surface area (Å²) in [7, 11) is 0. The van der Waals surface area contributed by atoms with Crippen molar-refractivity contribution >= 4 is 35.0 Å². The van der Waals surface area contributed by atoms with Crippen LogP contribution < -0.4 is 5.32 Å². The summed E-state index contributed by atoms with van der Waals surface area (Å²) in [6.07, 6.45) is 1.94. The van der Waals surface area contributed by atoms with Gasteiger partial charge in [-0.15, -0.1) is 0 Å². The van der Waals surface area contributed by atoms with E-state index in [9.17, 15) is 14.7 Å². The molecule has 0 saturated heterocycles. The van der Waals surface area contributed by atoms with E-state index in [-0.39, 0.29) is 18.0 Å². The van der Waals surface area contributed by atoms with Crippen LogP contribution in [0.5, 0.6) is 0 Å². The Balaban J connectivity index is 1.43. The normalized spacial score (nSPS) is 14.1. The maximum absolute atomic E-state index is 12.3. The van der Waals surface area contributed by atoms with Gasteiger partial charge in [-0.3, -0.25) is 9.59 Å². The molecule has 2 aromatic rings. The first-order valence-electron chi connectivity index (χ1n) is 10.0. The van der Waals surface area contributed by atoms with Gasteiger partial charge in [0.15, 0.2) is 5.76 Å². The molecule has 1 aliphatic heterocycles. The molecule has 0 fully saturated rings. The average molecular weight is 467 g/mol. The van der Waals surface area contributed by atoms with Crippen LogP contribution in [0.2, 0.25) is 10.0 Å². The van der Waals surface area contributed by atoms with Crippen molar-refractivity contribution in [3.05, 3.63) is 45.5 Å². The Morgan fingerprint density at radius 3 is 2.77 bits per heavy atom. The van der Waals surface area contributed by atoms with Crippen LogP contribution in [0.4, 0.5) is 0 Å². The standard InChI is InChI=1S/C21H24Cl2N4O4/c1-12(2)10-27-11-14(18(28)21(27)30)20(29)24-8-4-3-5-17-25-19(26-31-17)13-6-7-15(22)16(23)9-13/h6-7,9,12,28H,3-5,8,10-11H2,1-2H3,(H,24,29). The number of rotatable bonds is 9. The van der Waals surface area contributed by atoms with Crippen molar-refractivity contribution in [1.82, 2.24) is 20.4 Å². The molecule has 1 aromatic carbocycles. The lowest BCUT2D eigenvalue weighted by molar-refractivity contribution is -0.128. The van der Waals surface area contributed by atoms with Gasteiger partial charge in [0.05, 0.1) is 22.2 Å². The lowest BCUT2D eigenvalue weighted by Crippen LogP contribution is -2.33. The Morgan fingerprint density at radius 2 is 2.06 bits per heavy atom. The van der Waals surface area contributed by atoms with Crippen LogP contribution in [0.15, 0.2) is 34.1 Å². The summed E-state index contributed by atoms with van der Waals surface area (Å²) >= 11 is 11.9. The molecule has 31 heavy (non-hydrogen) atoms. The van der Waals surface area contributed by atoms with Gasteiger partial charge in [-0.1, -0.05) is 42.2 Å². The third-order valence-electron chi connectivity index (χ3n) is 4.73. The molecule has 0 spiro atoms. The highest BCUT2D eigenvalue weighted by atomic mass is 35.5. The fourth-order valence-corrected chi connectivity index (χ4v) is 3.50. The molecular formula is C21H24Cl2N4O4. The van der Waals surface area contributed by atoms with Gasteiger partial charge in [-0.05, 0) is 37.0 Å². The largest absolute Gasteiger partial charge is 0.503 e. The maximum atomic E-state index is 12.3. The van der Waals surface area contributed by atoms with Crippen LogP contribution >= 0.6 is 23.2 Å². The van der Waals surface area contributed by atoms with E-state index in [0.717, 1.165) is 0 Å². The van der Waals surface area contributed by atoms with E-state index in [1.54, 1.807) is 18.2 Å². The average Bonchev–Trinajstić information content (AvgIpc) is 3.30. The highest BCUT2D eigenvalue weighted by Gasteiger charge is 2.33. The van der Waals surface area contributed by atoms with E-state index >= 15 is 0 Å². The first-order chi connectivity index (χ1) is 14.8. The number of carbonyl (C=O) groups excluding carboxylic acids is 2. The fraction of sp³-hybridized carbons (Fsp3) is 0.429. The molecule has 10 heteroatoms. The van der Waals surface area contributed by atoms with Crippen LogP contribution in [0, 0.1) is 5.92 Å². The number of benzene rings is 1. The Bertz CT molecular complexity index is 1000. The van der Waals surface area contributed by atoms with Gasteiger partial charge in [0.1, 0.15) is 0 Å². The summed E-state index contributed by atoms with van der Waals surface area (Å²) in [4.78, 5) is 30.2. The quantitative estimate of drug-likeness (QED) is 0.544. The van der Waals surface area contributed by atoms with Crippen molar-refractivity contribution in [1.29, 1.82) is 0 Å². The zero-order chi connectivity index (χ0) is 22.5. The summed E-state index contributed by atoms with van der Waals surface area (Å²) in [5.41, 5.74) is 0.830. The molecule has 1 aliphatic rings. The Morgan fingerprint density at radius 1 is 1.29 bits per heavy atom. The van der Waals surface area contributed by atoms with Crippen LogP contribution in [-0.2, 0) is 16.0 Å². The number of nitrogens with one attached hydrogen (secondary N) is 1. The molecule has 0 bridgehead atoms.